The molecular formula is C11H23B. The van der Waals surface area contributed by atoms with Gasteiger partial charge in [0.25, 0.3) is 0 Å². The maximum atomic E-state index is 3.74. The van der Waals surface area contributed by atoms with Gasteiger partial charge in [0.15, 0.2) is 0 Å². The van der Waals surface area contributed by atoms with Crippen LogP contribution in [-0.4, -0.2) is 13.4 Å². The minimum atomic E-state index is 0.903. The Bertz CT molecular complexity index is 99.2. The molecule has 0 saturated carbocycles. The number of hydrogen-bond donors (Lipinski definition) is 0. The Morgan fingerprint density at radius 3 is 2.50 bits per heavy atom. The molecule has 0 heterocycles. The van der Waals surface area contributed by atoms with Gasteiger partial charge in [-0.1, -0.05) is 0 Å². The van der Waals surface area contributed by atoms with E-state index in [4.69, 9.17) is 0 Å². The van der Waals surface area contributed by atoms with Crippen molar-refractivity contribution < 1.29 is 0 Å². The zero-order chi connectivity index (χ0) is 9.23. The molecule has 12 heavy (non-hydrogen) atoms. The van der Waals surface area contributed by atoms with Crippen LogP contribution in [-0.2, 0) is 0 Å². The third-order valence-corrected chi connectivity index (χ3v) is 2.41. The standard InChI is InChI=1S/C11H23B/c1-4-5-6-7-8-11(2)9-10-12-3/h11H,3-10H2,1-2H3/t11-/m0/s1. The van der Waals surface area contributed by atoms with Crippen molar-refractivity contribution >= 4 is 13.4 Å². The van der Waals surface area contributed by atoms with Crippen molar-refractivity contribution in [2.45, 2.75) is 58.7 Å². The van der Waals surface area contributed by atoms with Crippen LogP contribution < -0.4 is 0 Å². The normalized spacial score (nSPS) is 12.5. The molecule has 0 aliphatic rings. The third kappa shape index (κ3) is 8.04. The van der Waals surface area contributed by atoms with Crippen LogP contribution in [0.4, 0.5) is 0 Å². The molecule has 0 nitrogen and oxygen atoms in total. The molecule has 0 aromatic heterocycles. The van der Waals surface area contributed by atoms with Crippen LogP contribution in [0.5, 0.6) is 0 Å². The molecule has 0 N–H and O–H groups in total. The Balaban J connectivity index is 3.07. The van der Waals surface area contributed by atoms with Crippen molar-refractivity contribution in [3.05, 3.63) is 0 Å². The second-order valence-electron chi connectivity index (χ2n) is 3.82. The number of rotatable bonds is 8. The molecule has 0 radical (unpaired) electrons. The van der Waals surface area contributed by atoms with Crippen LogP contribution in [0.15, 0.2) is 0 Å². The average Bonchev–Trinajstić information content (AvgIpc) is 2.09. The van der Waals surface area contributed by atoms with Gasteiger partial charge < -0.3 is 0 Å². The molecular weight excluding hydrogens is 143 g/mol. The SMILES string of the molecule is C=BCC[C@@H](C)CCCCCC. The average molecular weight is 166 g/mol. The Hall–Kier alpha value is -0.0651. The van der Waals surface area contributed by atoms with Crippen molar-refractivity contribution in [2.75, 3.05) is 0 Å². The zero-order valence-electron chi connectivity index (χ0n) is 8.81. The van der Waals surface area contributed by atoms with Gasteiger partial charge in [-0.2, -0.15) is 0 Å². The maximum absolute atomic E-state index is 3.74. The summed E-state index contributed by atoms with van der Waals surface area (Å²) < 4.78 is 0. The number of hydrogen-bond acceptors (Lipinski definition) is 0. The quantitative estimate of drug-likeness (QED) is 0.382. The first-order valence-corrected chi connectivity index (χ1v) is 5.42. The molecule has 0 bridgehead atoms. The fourth-order valence-electron chi connectivity index (χ4n) is 1.47. The van der Waals surface area contributed by atoms with Crippen molar-refractivity contribution in [1.29, 1.82) is 0 Å². The van der Waals surface area contributed by atoms with E-state index in [1.165, 1.54) is 44.8 Å². The molecule has 0 aromatic carbocycles. The first kappa shape index (κ1) is 11.9. The van der Waals surface area contributed by atoms with Gasteiger partial charge in [0.2, 0.25) is 0 Å². The summed E-state index contributed by atoms with van der Waals surface area (Å²) in [4.78, 5) is 0. The molecule has 0 unspecified atom stereocenters. The molecule has 70 valence electrons. The predicted molar refractivity (Wildman–Crippen MR) is 60.2 cm³/mol. The van der Waals surface area contributed by atoms with Crippen LogP contribution in [0, 0.1) is 5.92 Å². The Morgan fingerprint density at radius 1 is 1.17 bits per heavy atom. The summed E-state index contributed by atoms with van der Waals surface area (Å²) in [6, 6.07) is 0. The van der Waals surface area contributed by atoms with E-state index in [1.807, 2.05) is 6.92 Å². The molecule has 0 fully saturated rings. The van der Waals surface area contributed by atoms with E-state index in [2.05, 4.69) is 20.3 Å². The van der Waals surface area contributed by atoms with Crippen LogP contribution in [0.1, 0.15) is 52.4 Å². The summed E-state index contributed by atoms with van der Waals surface area (Å²) in [6.07, 6.45) is 9.54. The fourth-order valence-corrected chi connectivity index (χ4v) is 1.47. The van der Waals surface area contributed by atoms with E-state index in [1.54, 1.807) is 0 Å². The van der Waals surface area contributed by atoms with Crippen molar-refractivity contribution in [3.63, 3.8) is 0 Å². The summed E-state index contributed by atoms with van der Waals surface area (Å²) >= 11 is 0. The van der Waals surface area contributed by atoms with Crippen molar-refractivity contribution in [2.24, 2.45) is 5.92 Å². The Kier molecular flexibility index (Phi) is 8.98. The molecule has 0 aliphatic heterocycles. The molecule has 1 atom stereocenters. The van der Waals surface area contributed by atoms with E-state index in [0.29, 0.717) is 0 Å². The summed E-state index contributed by atoms with van der Waals surface area (Å²) in [5.41, 5.74) is 0. The van der Waals surface area contributed by atoms with E-state index in [0.717, 1.165) is 5.92 Å². The van der Waals surface area contributed by atoms with Crippen molar-refractivity contribution in [1.82, 2.24) is 0 Å². The van der Waals surface area contributed by atoms with Gasteiger partial charge in [-0.15, -0.1) is 0 Å². The molecule has 0 saturated heterocycles. The molecule has 0 aromatic rings. The molecule has 0 spiro atoms. The summed E-state index contributed by atoms with van der Waals surface area (Å²) in [5.74, 6) is 0.903. The monoisotopic (exact) mass is 166 g/mol. The van der Waals surface area contributed by atoms with Crippen LogP contribution in [0.3, 0.4) is 0 Å². The van der Waals surface area contributed by atoms with Gasteiger partial charge >= 0.3 is 78.0 Å². The summed E-state index contributed by atoms with van der Waals surface area (Å²) in [5, 5.41) is 0. The molecule has 0 rings (SSSR count). The van der Waals surface area contributed by atoms with Gasteiger partial charge in [0, 0.05) is 0 Å². The Morgan fingerprint density at radius 2 is 1.92 bits per heavy atom. The van der Waals surface area contributed by atoms with Crippen molar-refractivity contribution in [3.8, 4) is 0 Å². The fraction of sp³-hybridized carbons (Fsp3) is 0.909. The molecule has 0 aliphatic carbocycles. The van der Waals surface area contributed by atoms with Crippen LogP contribution in [0.25, 0.3) is 0 Å². The van der Waals surface area contributed by atoms with Crippen LogP contribution in [0.2, 0.25) is 6.32 Å². The second-order valence-corrected chi connectivity index (χ2v) is 3.82. The third-order valence-electron chi connectivity index (χ3n) is 2.41. The molecule has 1 heteroatoms. The number of unbranched alkanes of at least 4 members (excludes halogenated alkanes) is 3. The topological polar surface area (TPSA) is 0 Å². The predicted octanol–water partition coefficient (Wildman–Crippen LogP) is 3.54. The Labute approximate surface area is 78.7 Å². The molecule has 0 amide bonds. The first-order valence-electron chi connectivity index (χ1n) is 5.42. The van der Waals surface area contributed by atoms with Gasteiger partial charge in [-0.05, 0) is 0 Å². The second kappa shape index (κ2) is 9.03. The summed E-state index contributed by atoms with van der Waals surface area (Å²) in [7, 11) is 0. The van der Waals surface area contributed by atoms with E-state index >= 15 is 0 Å². The zero-order valence-corrected chi connectivity index (χ0v) is 8.81. The van der Waals surface area contributed by atoms with Gasteiger partial charge in [0.1, 0.15) is 0 Å². The first-order chi connectivity index (χ1) is 5.81. The van der Waals surface area contributed by atoms with E-state index in [-0.39, 0.29) is 0 Å². The van der Waals surface area contributed by atoms with E-state index < -0.39 is 0 Å². The van der Waals surface area contributed by atoms with E-state index in [9.17, 15) is 0 Å². The minimum absolute atomic E-state index is 0.903. The van der Waals surface area contributed by atoms with Gasteiger partial charge in [-0.3, -0.25) is 0 Å². The van der Waals surface area contributed by atoms with Gasteiger partial charge in [-0.25, -0.2) is 0 Å². The summed E-state index contributed by atoms with van der Waals surface area (Å²) in [6.45, 7) is 10.4. The van der Waals surface area contributed by atoms with Crippen LogP contribution >= 0.6 is 0 Å². The van der Waals surface area contributed by atoms with Gasteiger partial charge in [0.05, 0.1) is 0 Å².